The van der Waals surface area contributed by atoms with Crippen molar-refractivity contribution in [3.05, 3.63) is 94.1 Å². The summed E-state index contributed by atoms with van der Waals surface area (Å²) >= 11 is 0. The largest absolute Gasteiger partial charge is 0.0654 e. The summed E-state index contributed by atoms with van der Waals surface area (Å²) in [5, 5.41) is 0. The van der Waals surface area contributed by atoms with Crippen LogP contribution in [-0.2, 0) is 5.41 Å². The number of rotatable bonds is 6. The van der Waals surface area contributed by atoms with Crippen LogP contribution in [0.25, 0.3) is 0 Å². The molecule has 0 saturated heterocycles. The van der Waals surface area contributed by atoms with Crippen LogP contribution in [0.1, 0.15) is 65.0 Å². The maximum absolute atomic E-state index is 2.35. The van der Waals surface area contributed by atoms with Gasteiger partial charge in [-0.1, -0.05) is 91.6 Å². The van der Waals surface area contributed by atoms with E-state index < -0.39 is 0 Å². The van der Waals surface area contributed by atoms with Crippen molar-refractivity contribution in [2.45, 2.75) is 59.3 Å². The van der Waals surface area contributed by atoms with Crippen molar-refractivity contribution >= 4 is 0 Å². The molecule has 0 bridgehead atoms. The van der Waals surface area contributed by atoms with Crippen LogP contribution >= 0.6 is 0 Å². The summed E-state index contributed by atoms with van der Waals surface area (Å²) in [6, 6.07) is 22.4. The van der Waals surface area contributed by atoms with Crippen molar-refractivity contribution in [2.24, 2.45) is 5.92 Å². The van der Waals surface area contributed by atoms with Crippen LogP contribution in [-0.4, -0.2) is 0 Å². The van der Waals surface area contributed by atoms with Gasteiger partial charge in [-0.3, -0.25) is 0 Å². The van der Waals surface area contributed by atoms with E-state index in [1.807, 2.05) is 0 Å². The number of hydrogen-bond donors (Lipinski definition) is 0. The molecule has 0 heteroatoms. The van der Waals surface area contributed by atoms with Crippen molar-refractivity contribution < 1.29 is 0 Å². The highest BCUT2D eigenvalue weighted by Crippen LogP contribution is 2.53. The van der Waals surface area contributed by atoms with Gasteiger partial charge in [0.25, 0.3) is 0 Å². The molecule has 2 aromatic carbocycles. The van der Waals surface area contributed by atoms with Gasteiger partial charge < -0.3 is 0 Å². The smallest absolute Gasteiger partial charge is 0.0305 e. The van der Waals surface area contributed by atoms with Gasteiger partial charge in [-0.15, -0.1) is 0 Å². The second-order valence-corrected chi connectivity index (χ2v) is 7.86. The zero-order valence-electron chi connectivity index (χ0n) is 17.0. The van der Waals surface area contributed by atoms with Gasteiger partial charge in [0.2, 0.25) is 0 Å². The van der Waals surface area contributed by atoms with E-state index in [2.05, 4.69) is 95.3 Å². The summed E-state index contributed by atoms with van der Waals surface area (Å²) in [5.74, 6) is 0.443. The summed E-state index contributed by atoms with van der Waals surface area (Å²) in [7, 11) is 0. The minimum Gasteiger partial charge on any atom is -0.0654 e. The minimum atomic E-state index is 0.00567. The van der Waals surface area contributed by atoms with E-state index >= 15 is 0 Å². The van der Waals surface area contributed by atoms with Crippen molar-refractivity contribution in [3.8, 4) is 0 Å². The molecular weight excluding hydrogens is 312 g/mol. The molecule has 0 aromatic heterocycles. The Kier molecular flexibility index (Phi) is 5.51. The van der Waals surface area contributed by atoms with Crippen molar-refractivity contribution in [2.75, 3.05) is 0 Å². The molecule has 0 amide bonds. The molecule has 0 fully saturated rings. The van der Waals surface area contributed by atoms with Gasteiger partial charge in [0.05, 0.1) is 0 Å². The van der Waals surface area contributed by atoms with Gasteiger partial charge in [0.15, 0.2) is 0 Å². The van der Waals surface area contributed by atoms with E-state index in [4.69, 9.17) is 0 Å². The fourth-order valence-electron chi connectivity index (χ4n) is 4.95. The molecule has 2 aromatic rings. The predicted octanol–water partition coefficient (Wildman–Crippen LogP) is 7.47. The van der Waals surface area contributed by atoms with Gasteiger partial charge in [-0.25, -0.2) is 0 Å². The molecule has 0 saturated carbocycles. The zero-order valence-corrected chi connectivity index (χ0v) is 17.0. The topological polar surface area (TPSA) is 0 Å². The van der Waals surface area contributed by atoms with Crippen LogP contribution in [0.5, 0.6) is 0 Å². The number of benzene rings is 2. The molecule has 26 heavy (non-hydrogen) atoms. The Balaban J connectivity index is 2.32. The molecule has 0 atom stereocenters. The maximum atomic E-state index is 2.35. The molecule has 1 aliphatic carbocycles. The molecule has 0 nitrogen and oxygen atoms in total. The van der Waals surface area contributed by atoms with E-state index in [0.717, 1.165) is 0 Å². The normalized spacial score (nSPS) is 15.9. The van der Waals surface area contributed by atoms with Crippen LogP contribution in [0.2, 0.25) is 0 Å². The van der Waals surface area contributed by atoms with Gasteiger partial charge in [0, 0.05) is 11.3 Å². The Labute approximate surface area is 159 Å². The summed E-state index contributed by atoms with van der Waals surface area (Å²) in [6.07, 6.45) is 3.63. The SMILES string of the molecule is CCCCC(c1ccccc1)(c1ccccc1)C1C(C)=C(C)C(C)=C1C. The average Bonchev–Trinajstić information content (AvgIpc) is 2.88. The molecule has 3 rings (SSSR count). The molecule has 0 unspecified atom stereocenters. The van der Waals surface area contributed by atoms with Crippen LogP contribution in [0.15, 0.2) is 83.0 Å². The molecule has 0 heterocycles. The first kappa shape index (κ1) is 18.7. The van der Waals surface area contributed by atoms with Gasteiger partial charge in [-0.05, 0) is 56.4 Å². The molecule has 0 radical (unpaired) electrons. The zero-order chi connectivity index (χ0) is 18.7. The summed E-state index contributed by atoms with van der Waals surface area (Å²) in [4.78, 5) is 0. The molecule has 0 N–H and O–H groups in total. The molecule has 136 valence electrons. The Morgan fingerprint density at radius 2 is 1.12 bits per heavy atom. The molecule has 1 aliphatic rings. The van der Waals surface area contributed by atoms with E-state index in [0.29, 0.717) is 5.92 Å². The lowest BCUT2D eigenvalue weighted by Gasteiger charge is -2.43. The minimum absolute atomic E-state index is 0.00567. The summed E-state index contributed by atoms with van der Waals surface area (Å²) < 4.78 is 0. The van der Waals surface area contributed by atoms with Crippen molar-refractivity contribution in [1.29, 1.82) is 0 Å². The fourth-order valence-corrected chi connectivity index (χ4v) is 4.95. The molecule has 0 aliphatic heterocycles. The third-order valence-electron chi connectivity index (χ3n) is 6.61. The van der Waals surface area contributed by atoms with Gasteiger partial charge >= 0.3 is 0 Å². The van der Waals surface area contributed by atoms with E-state index in [1.54, 1.807) is 11.1 Å². The number of hydrogen-bond acceptors (Lipinski definition) is 0. The van der Waals surface area contributed by atoms with E-state index in [-0.39, 0.29) is 5.41 Å². The average molecular weight is 345 g/mol. The first-order valence-electron chi connectivity index (χ1n) is 10.00. The second kappa shape index (κ2) is 7.66. The quantitative estimate of drug-likeness (QED) is 0.510. The van der Waals surface area contributed by atoms with Crippen LogP contribution in [0.4, 0.5) is 0 Å². The lowest BCUT2D eigenvalue weighted by atomic mass is 9.60. The summed E-state index contributed by atoms with van der Waals surface area (Å²) in [5.41, 5.74) is 8.97. The Hall–Kier alpha value is -2.08. The van der Waals surface area contributed by atoms with Gasteiger partial charge in [0.1, 0.15) is 0 Å². The second-order valence-electron chi connectivity index (χ2n) is 7.86. The molecular formula is C26H32. The molecule has 0 spiro atoms. The Morgan fingerprint density at radius 3 is 1.50 bits per heavy atom. The predicted molar refractivity (Wildman–Crippen MR) is 113 cm³/mol. The van der Waals surface area contributed by atoms with Crippen LogP contribution < -0.4 is 0 Å². The van der Waals surface area contributed by atoms with Gasteiger partial charge in [-0.2, -0.15) is 0 Å². The fraction of sp³-hybridized carbons (Fsp3) is 0.385. The van der Waals surface area contributed by atoms with E-state index in [9.17, 15) is 0 Å². The highest BCUT2D eigenvalue weighted by atomic mass is 14.5. The lowest BCUT2D eigenvalue weighted by molar-refractivity contribution is 0.368. The summed E-state index contributed by atoms with van der Waals surface area (Å²) in [6.45, 7) is 11.6. The maximum Gasteiger partial charge on any atom is 0.0305 e. The van der Waals surface area contributed by atoms with Crippen molar-refractivity contribution in [1.82, 2.24) is 0 Å². The number of allylic oxidation sites excluding steroid dienone is 4. The third-order valence-corrected chi connectivity index (χ3v) is 6.61. The highest BCUT2D eigenvalue weighted by molar-refractivity contribution is 5.54. The van der Waals surface area contributed by atoms with Crippen molar-refractivity contribution in [3.63, 3.8) is 0 Å². The first-order valence-corrected chi connectivity index (χ1v) is 10.00. The Morgan fingerprint density at radius 1 is 0.692 bits per heavy atom. The number of unbranched alkanes of at least 4 members (excludes halogenated alkanes) is 1. The first-order chi connectivity index (χ1) is 12.5. The van der Waals surface area contributed by atoms with Crippen LogP contribution in [0.3, 0.4) is 0 Å². The van der Waals surface area contributed by atoms with Crippen LogP contribution in [0, 0.1) is 5.92 Å². The van der Waals surface area contributed by atoms with E-state index in [1.165, 1.54) is 41.5 Å². The monoisotopic (exact) mass is 344 g/mol. The Bertz CT molecular complexity index is 742. The lowest BCUT2D eigenvalue weighted by Crippen LogP contribution is -2.37. The highest BCUT2D eigenvalue weighted by Gasteiger charge is 2.45. The third kappa shape index (κ3) is 2.96. The standard InChI is InChI=1S/C26H32/c1-6-7-18-26(23-14-10-8-11-15-23,24-16-12-9-13-17-24)25-21(4)19(2)20(3)22(25)5/h8-17,25H,6-7,18H2,1-5H3.